The molecule has 2 aromatic rings. The predicted octanol–water partition coefficient (Wildman–Crippen LogP) is 2.36. The second kappa shape index (κ2) is 6.41. The van der Waals surface area contributed by atoms with Gasteiger partial charge < -0.3 is 20.6 Å². The van der Waals surface area contributed by atoms with E-state index in [0.717, 1.165) is 0 Å². The van der Waals surface area contributed by atoms with E-state index in [-0.39, 0.29) is 11.7 Å². The number of aromatic nitrogens is 1. The normalized spacial score (nSPS) is 12.4. The molecule has 1 aromatic heterocycles. The van der Waals surface area contributed by atoms with Crippen molar-refractivity contribution < 1.29 is 14.3 Å². The highest BCUT2D eigenvalue weighted by Crippen LogP contribution is 2.31. The van der Waals surface area contributed by atoms with Gasteiger partial charge in [0.25, 0.3) is 0 Å². The highest BCUT2D eigenvalue weighted by atomic mass is 16.3. The standard InChI is InChI=1S/C15H19N3O3/c1-9(2)5-12(16)15(20)18-10-3-4-11(13(19)6-10)14-7-17-8-21-14/h3-4,6-9,12,19H,5,16H2,1-2H3,(H,18,20). The van der Waals surface area contributed by atoms with Gasteiger partial charge in [0.1, 0.15) is 5.75 Å². The number of hydrogen-bond donors (Lipinski definition) is 3. The molecule has 0 aliphatic carbocycles. The molecule has 0 aliphatic rings. The van der Waals surface area contributed by atoms with E-state index in [1.807, 2.05) is 13.8 Å². The first-order valence-corrected chi connectivity index (χ1v) is 6.75. The van der Waals surface area contributed by atoms with Gasteiger partial charge in [-0.15, -0.1) is 0 Å². The lowest BCUT2D eigenvalue weighted by Gasteiger charge is -2.14. The van der Waals surface area contributed by atoms with Crippen molar-refractivity contribution in [1.29, 1.82) is 0 Å². The average molecular weight is 289 g/mol. The van der Waals surface area contributed by atoms with Crippen molar-refractivity contribution in [2.75, 3.05) is 5.32 Å². The number of phenols is 1. The molecule has 2 rings (SSSR count). The number of phenolic OH excluding ortho intramolecular Hbond substituents is 1. The Morgan fingerprint density at radius 3 is 2.81 bits per heavy atom. The SMILES string of the molecule is CC(C)CC(N)C(=O)Nc1ccc(-c2cnco2)c(O)c1. The Morgan fingerprint density at radius 1 is 1.48 bits per heavy atom. The summed E-state index contributed by atoms with van der Waals surface area (Å²) < 4.78 is 5.12. The number of amides is 1. The van der Waals surface area contributed by atoms with Crippen LogP contribution in [0.2, 0.25) is 0 Å². The Bertz CT molecular complexity index is 609. The van der Waals surface area contributed by atoms with Gasteiger partial charge in [0.2, 0.25) is 5.91 Å². The number of oxazole rings is 1. The number of carbonyl (C=O) groups is 1. The third-order valence-corrected chi connectivity index (χ3v) is 3.03. The number of benzene rings is 1. The molecule has 4 N–H and O–H groups in total. The largest absolute Gasteiger partial charge is 0.507 e. The minimum Gasteiger partial charge on any atom is -0.507 e. The number of nitrogens with zero attached hydrogens (tertiary/aromatic N) is 1. The third-order valence-electron chi connectivity index (χ3n) is 3.03. The lowest BCUT2D eigenvalue weighted by molar-refractivity contribution is -0.117. The molecular weight excluding hydrogens is 270 g/mol. The molecule has 112 valence electrons. The fourth-order valence-electron chi connectivity index (χ4n) is 2.02. The molecule has 0 bridgehead atoms. The molecular formula is C15H19N3O3. The van der Waals surface area contributed by atoms with E-state index in [4.69, 9.17) is 10.2 Å². The number of nitrogens with one attached hydrogen (secondary N) is 1. The van der Waals surface area contributed by atoms with Gasteiger partial charge in [-0.2, -0.15) is 0 Å². The first-order valence-electron chi connectivity index (χ1n) is 6.75. The summed E-state index contributed by atoms with van der Waals surface area (Å²) in [5.41, 5.74) is 6.81. The van der Waals surface area contributed by atoms with Gasteiger partial charge in [-0.05, 0) is 24.5 Å². The zero-order chi connectivity index (χ0) is 15.4. The Labute approximate surface area is 123 Å². The Balaban J connectivity index is 2.09. The van der Waals surface area contributed by atoms with Crippen LogP contribution in [0.25, 0.3) is 11.3 Å². The molecule has 0 saturated carbocycles. The number of anilines is 1. The molecule has 0 radical (unpaired) electrons. The monoisotopic (exact) mass is 289 g/mol. The third kappa shape index (κ3) is 3.82. The van der Waals surface area contributed by atoms with Crippen molar-refractivity contribution in [3.8, 4) is 17.1 Å². The number of rotatable bonds is 5. The van der Waals surface area contributed by atoms with Gasteiger partial charge in [0.05, 0.1) is 17.8 Å². The lowest BCUT2D eigenvalue weighted by atomic mass is 10.0. The van der Waals surface area contributed by atoms with E-state index in [2.05, 4.69) is 10.3 Å². The Morgan fingerprint density at radius 2 is 2.24 bits per heavy atom. The summed E-state index contributed by atoms with van der Waals surface area (Å²) in [6.07, 6.45) is 3.40. The second-order valence-electron chi connectivity index (χ2n) is 5.32. The van der Waals surface area contributed by atoms with Crippen LogP contribution in [-0.2, 0) is 4.79 Å². The van der Waals surface area contributed by atoms with Crippen molar-refractivity contribution in [1.82, 2.24) is 4.98 Å². The summed E-state index contributed by atoms with van der Waals surface area (Å²) in [7, 11) is 0. The second-order valence-corrected chi connectivity index (χ2v) is 5.32. The molecule has 6 heteroatoms. The fourth-order valence-corrected chi connectivity index (χ4v) is 2.02. The van der Waals surface area contributed by atoms with Crippen LogP contribution in [-0.4, -0.2) is 22.0 Å². The van der Waals surface area contributed by atoms with Gasteiger partial charge >= 0.3 is 0 Å². The first kappa shape index (κ1) is 15.1. The first-order chi connectivity index (χ1) is 9.97. The smallest absolute Gasteiger partial charge is 0.241 e. The predicted molar refractivity (Wildman–Crippen MR) is 79.7 cm³/mol. The molecule has 6 nitrogen and oxygen atoms in total. The number of carbonyl (C=O) groups excluding carboxylic acids is 1. The van der Waals surface area contributed by atoms with Crippen LogP contribution in [0.15, 0.2) is 35.2 Å². The van der Waals surface area contributed by atoms with Crippen LogP contribution < -0.4 is 11.1 Å². The maximum absolute atomic E-state index is 11.9. The molecule has 0 spiro atoms. The van der Waals surface area contributed by atoms with E-state index >= 15 is 0 Å². The Kier molecular flexibility index (Phi) is 4.59. The molecule has 1 heterocycles. The van der Waals surface area contributed by atoms with E-state index in [1.165, 1.54) is 18.7 Å². The quantitative estimate of drug-likeness (QED) is 0.784. The van der Waals surface area contributed by atoms with Crippen LogP contribution in [0, 0.1) is 5.92 Å². The highest BCUT2D eigenvalue weighted by Gasteiger charge is 2.16. The summed E-state index contributed by atoms with van der Waals surface area (Å²) >= 11 is 0. The fraction of sp³-hybridized carbons (Fsp3) is 0.333. The maximum Gasteiger partial charge on any atom is 0.241 e. The highest BCUT2D eigenvalue weighted by molar-refractivity contribution is 5.95. The van der Waals surface area contributed by atoms with Crippen molar-refractivity contribution in [2.24, 2.45) is 11.7 Å². The zero-order valence-corrected chi connectivity index (χ0v) is 12.0. The van der Waals surface area contributed by atoms with Gasteiger partial charge in [0.15, 0.2) is 12.2 Å². The van der Waals surface area contributed by atoms with Crippen molar-refractivity contribution >= 4 is 11.6 Å². The van der Waals surface area contributed by atoms with Crippen LogP contribution in [0.4, 0.5) is 5.69 Å². The summed E-state index contributed by atoms with van der Waals surface area (Å²) in [4.78, 5) is 15.7. The molecule has 1 amide bonds. The maximum atomic E-state index is 11.9. The van der Waals surface area contributed by atoms with Crippen LogP contribution in [0.1, 0.15) is 20.3 Å². The molecule has 1 atom stereocenters. The van der Waals surface area contributed by atoms with E-state index in [0.29, 0.717) is 29.3 Å². The van der Waals surface area contributed by atoms with Crippen molar-refractivity contribution in [3.63, 3.8) is 0 Å². The van der Waals surface area contributed by atoms with E-state index in [9.17, 15) is 9.90 Å². The minimum absolute atomic E-state index is 0.00183. The molecule has 0 fully saturated rings. The van der Waals surface area contributed by atoms with Crippen molar-refractivity contribution in [2.45, 2.75) is 26.3 Å². The van der Waals surface area contributed by atoms with Gasteiger partial charge in [-0.3, -0.25) is 4.79 Å². The van der Waals surface area contributed by atoms with Crippen molar-refractivity contribution in [3.05, 3.63) is 30.8 Å². The molecule has 0 saturated heterocycles. The zero-order valence-electron chi connectivity index (χ0n) is 12.0. The van der Waals surface area contributed by atoms with E-state index < -0.39 is 6.04 Å². The van der Waals surface area contributed by atoms with Crippen LogP contribution in [0.3, 0.4) is 0 Å². The Hall–Kier alpha value is -2.34. The van der Waals surface area contributed by atoms with Crippen LogP contribution in [0.5, 0.6) is 5.75 Å². The average Bonchev–Trinajstić information content (AvgIpc) is 2.91. The van der Waals surface area contributed by atoms with Crippen LogP contribution >= 0.6 is 0 Å². The molecule has 1 aromatic carbocycles. The van der Waals surface area contributed by atoms with E-state index in [1.54, 1.807) is 12.1 Å². The molecule has 1 unspecified atom stereocenters. The summed E-state index contributed by atoms with van der Waals surface area (Å²) in [6, 6.07) is 4.22. The number of aromatic hydroxyl groups is 1. The molecule has 0 aliphatic heterocycles. The number of nitrogens with two attached hydrogens (primary N) is 1. The minimum atomic E-state index is -0.568. The number of hydrogen-bond acceptors (Lipinski definition) is 5. The van der Waals surface area contributed by atoms with Gasteiger partial charge in [0, 0.05) is 11.8 Å². The lowest BCUT2D eigenvalue weighted by Crippen LogP contribution is -2.36. The summed E-state index contributed by atoms with van der Waals surface area (Å²) in [5, 5.41) is 12.7. The molecule has 21 heavy (non-hydrogen) atoms. The summed E-state index contributed by atoms with van der Waals surface area (Å²) in [5.74, 6) is 0.535. The summed E-state index contributed by atoms with van der Waals surface area (Å²) in [6.45, 7) is 4.01. The topological polar surface area (TPSA) is 101 Å². The van der Waals surface area contributed by atoms with Gasteiger partial charge in [-0.1, -0.05) is 13.8 Å². The van der Waals surface area contributed by atoms with Gasteiger partial charge in [-0.25, -0.2) is 4.98 Å².